The SMILES string of the molecule is O=C(O)C(F)(F)S(=O)c1c(Cl)cccc1Cl. The van der Waals surface area contributed by atoms with E-state index in [2.05, 4.69) is 0 Å². The fourth-order valence-electron chi connectivity index (χ4n) is 0.867. The van der Waals surface area contributed by atoms with Crippen LogP contribution >= 0.6 is 23.2 Å². The van der Waals surface area contributed by atoms with Crippen LogP contribution in [-0.2, 0) is 15.6 Å². The maximum absolute atomic E-state index is 13.0. The summed E-state index contributed by atoms with van der Waals surface area (Å²) in [7, 11) is -3.14. The van der Waals surface area contributed by atoms with Gasteiger partial charge in [-0.15, -0.1) is 0 Å². The lowest BCUT2D eigenvalue weighted by Gasteiger charge is -2.12. The van der Waals surface area contributed by atoms with Gasteiger partial charge in [-0.25, -0.2) is 9.00 Å². The molecule has 8 heteroatoms. The van der Waals surface area contributed by atoms with Gasteiger partial charge in [0.25, 0.3) is 0 Å². The molecule has 1 rings (SSSR count). The van der Waals surface area contributed by atoms with Crippen molar-refractivity contribution in [1.29, 1.82) is 0 Å². The van der Waals surface area contributed by atoms with Crippen molar-refractivity contribution in [2.75, 3.05) is 0 Å². The number of alkyl halides is 2. The van der Waals surface area contributed by atoms with Gasteiger partial charge in [-0.05, 0) is 12.1 Å². The average molecular weight is 289 g/mol. The summed E-state index contributed by atoms with van der Waals surface area (Å²) in [6.45, 7) is 0. The molecule has 0 aliphatic carbocycles. The Kier molecular flexibility index (Phi) is 3.88. The van der Waals surface area contributed by atoms with Gasteiger partial charge in [0, 0.05) is 0 Å². The minimum absolute atomic E-state index is 0.272. The molecule has 1 N–H and O–H groups in total. The fourth-order valence-corrected chi connectivity index (χ4v) is 2.59. The monoisotopic (exact) mass is 288 g/mol. The number of carboxylic acids is 1. The van der Waals surface area contributed by atoms with E-state index in [0.29, 0.717) is 0 Å². The third-order valence-corrected chi connectivity index (χ3v) is 3.89. The van der Waals surface area contributed by atoms with Gasteiger partial charge < -0.3 is 5.11 Å². The summed E-state index contributed by atoms with van der Waals surface area (Å²) in [5.41, 5.74) is 0. The highest BCUT2D eigenvalue weighted by molar-refractivity contribution is 7.87. The first kappa shape index (κ1) is 13.3. The molecule has 0 aromatic heterocycles. The largest absolute Gasteiger partial charge is 0.476 e. The van der Waals surface area contributed by atoms with E-state index in [1.54, 1.807) is 0 Å². The second kappa shape index (κ2) is 4.65. The van der Waals surface area contributed by atoms with E-state index in [9.17, 15) is 17.8 Å². The van der Waals surface area contributed by atoms with Crippen molar-refractivity contribution in [3.8, 4) is 0 Å². The van der Waals surface area contributed by atoms with Crippen LogP contribution in [-0.4, -0.2) is 20.5 Å². The van der Waals surface area contributed by atoms with Crippen molar-refractivity contribution < 1.29 is 22.9 Å². The van der Waals surface area contributed by atoms with E-state index >= 15 is 0 Å². The molecule has 0 aliphatic rings. The predicted molar refractivity (Wildman–Crippen MR) is 55.5 cm³/mol. The maximum atomic E-state index is 13.0. The van der Waals surface area contributed by atoms with Crippen molar-refractivity contribution in [3.05, 3.63) is 28.2 Å². The van der Waals surface area contributed by atoms with Crippen LogP contribution in [0.3, 0.4) is 0 Å². The molecular formula is C8H4Cl2F2O3S. The number of carbonyl (C=O) groups is 1. The lowest BCUT2D eigenvalue weighted by molar-refractivity contribution is -0.153. The molecule has 0 amide bonds. The summed E-state index contributed by atoms with van der Waals surface area (Å²) in [6, 6.07) is 3.75. The summed E-state index contributed by atoms with van der Waals surface area (Å²) >= 11 is 11.1. The van der Waals surface area contributed by atoms with E-state index in [1.807, 2.05) is 0 Å². The molecular weight excluding hydrogens is 285 g/mol. The number of halogens is 4. The van der Waals surface area contributed by atoms with Gasteiger partial charge in [-0.2, -0.15) is 8.78 Å². The Morgan fingerprint density at radius 2 is 1.75 bits per heavy atom. The zero-order valence-electron chi connectivity index (χ0n) is 7.42. The Morgan fingerprint density at radius 3 is 2.12 bits per heavy atom. The van der Waals surface area contributed by atoms with E-state index in [4.69, 9.17) is 28.3 Å². The topological polar surface area (TPSA) is 54.4 Å². The first-order valence-electron chi connectivity index (χ1n) is 3.75. The van der Waals surface area contributed by atoms with Crippen molar-refractivity contribution in [1.82, 2.24) is 0 Å². The van der Waals surface area contributed by atoms with Crippen LogP contribution in [0, 0.1) is 0 Å². The molecule has 0 heterocycles. The summed E-state index contributed by atoms with van der Waals surface area (Å²) in [4.78, 5) is 9.64. The van der Waals surface area contributed by atoms with Gasteiger partial charge in [-0.1, -0.05) is 29.3 Å². The molecule has 0 spiro atoms. The molecule has 0 saturated carbocycles. The molecule has 3 nitrogen and oxygen atoms in total. The summed E-state index contributed by atoms with van der Waals surface area (Å²) in [5.74, 6) is -2.50. The molecule has 88 valence electrons. The lowest BCUT2D eigenvalue weighted by atomic mass is 10.4. The molecule has 1 aromatic carbocycles. The number of benzene rings is 1. The van der Waals surface area contributed by atoms with Crippen LogP contribution in [0.4, 0.5) is 8.78 Å². The zero-order valence-corrected chi connectivity index (χ0v) is 9.74. The van der Waals surface area contributed by atoms with Gasteiger partial charge >= 0.3 is 11.2 Å². The lowest BCUT2D eigenvalue weighted by Crippen LogP contribution is -2.33. The Hall–Kier alpha value is -0.720. The first-order valence-corrected chi connectivity index (χ1v) is 5.66. The quantitative estimate of drug-likeness (QED) is 0.930. The van der Waals surface area contributed by atoms with Gasteiger partial charge in [0.1, 0.15) is 10.8 Å². The highest BCUT2D eigenvalue weighted by atomic mass is 35.5. The number of carboxylic acid groups (broad SMARTS) is 1. The Morgan fingerprint density at radius 1 is 1.31 bits per heavy atom. The molecule has 0 aliphatic heterocycles. The molecule has 1 atom stereocenters. The van der Waals surface area contributed by atoms with Crippen LogP contribution < -0.4 is 0 Å². The van der Waals surface area contributed by atoms with E-state index in [-0.39, 0.29) is 10.0 Å². The van der Waals surface area contributed by atoms with Crippen LogP contribution in [0.5, 0.6) is 0 Å². The van der Waals surface area contributed by atoms with Gasteiger partial charge in [0.2, 0.25) is 0 Å². The molecule has 1 aromatic rings. The Balaban J connectivity index is 3.31. The highest BCUT2D eigenvalue weighted by Gasteiger charge is 2.48. The van der Waals surface area contributed by atoms with Crippen LogP contribution in [0.25, 0.3) is 0 Å². The van der Waals surface area contributed by atoms with E-state index in [0.717, 1.165) is 0 Å². The fraction of sp³-hybridized carbons (Fsp3) is 0.125. The third-order valence-electron chi connectivity index (χ3n) is 1.59. The molecule has 0 bridgehead atoms. The van der Waals surface area contributed by atoms with Crippen molar-refractivity contribution in [3.63, 3.8) is 0 Å². The third kappa shape index (κ3) is 2.34. The summed E-state index contributed by atoms with van der Waals surface area (Å²) < 4.78 is 37.3. The number of rotatable bonds is 3. The molecule has 0 saturated heterocycles. The maximum Gasteiger partial charge on any atom is 0.419 e. The van der Waals surface area contributed by atoms with Crippen LogP contribution in [0.2, 0.25) is 10.0 Å². The summed E-state index contributed by atoms with van der Waals surface area (Å²) in [5, 5.41) is 3.25. The van der Waals surface area contributed by atoms with E-state index in [1.165, 1.54) is 18.2 Å². The number of hydrogen-bond donors (Lipinski definition) is 1. The minimum Gasteiger partial charge on any atom is -0.476 e. The van der Waals surface area contributed by atoms with Gasteiger partial charge in [0.05, 0.1) is 14.9 Å². The smallest absolute Gasteiger partial charge is 0.419 e. The number of hydrogen-bond acceptors (Lipinski definition) is 2. The zero-order chi connectivity index (χ0) is 12.5. The Labute approximate surface area is 101 Å². The molecule has 16 heavy (non-hydrogen) atoms. The normalized spacial score (nSPS) is 13.5. The molecule has 0 radical (unpaired) electrons. The standard InChI is InChI=1S/C8H4Cl2F2O3S/c9-4-2-1-3-5(10)6(4)16(15)8(11,12)7(13)14/h1-3H,(H,13,14). The highest BCUT2D eigenvalue weighted by Crippen LogP contribution is 2.34. The Bertz CT molecular complexity index is 444. The number of aliphatic carboxylic acids is 1. The van der Waals surface area contributed by atoms with Crippen LogP contribution in [0.15, 0.2) is 23.1 Å². The van der Waals surface area contributed by atoms with E-state index < -0.39 is 26.9 Å². The van der Waals surface area contributed by atoms with Crippen molar-refractivity contribution in [2.24, 2.45) is 0 Å². The molecule has 0 fully saturated rings. The van der Waals surface area contributed by atoms with Gasteiger partial charge in [-0.3, -0.25) is 0 Å². The molecule has 1 unspecified atom stereocenters. The first-order chi connectivity index (χ1) is 7.28. The second-order valence-corrected chi connectivity index (χ2v) is 4.91. The predicted octanol–water partition coefficient (Wildman–Crippen LogP) is 2.78. The van der Waals surface area contributed by atoms with Crippen LogP contribution in [0.1, 0.15) is 0 Å². The van der Waals surface area contributed by atoms with Crippen molar-refractivity contribution >= 4 is 40.0 Å². The summed E-state index contributed by atoms with van der Waals surface area (Å²) in [6.07, 6.45) is 0. The minimum atomic E-state index is -4.44. The van der Waals surface area contributed by atoms with Crippen molar-refractivity contribution in [2.45, 2.75) is 10.2 Å². The second-order valence-electron chi connectivity index (χ2n) is 2.64. The van der Waals surface area contributed by atoms with Gasteiger partial charge in [0.15, 0.2) is 0 Å². The average Bonchev–Trinajstić information content (AvgIpc) is 2.16.